The van der Waals surface area contributed by atoms with Crippen molar-refractivity contribution in [2.45, 2.75) is 12.5 Å². The second-order valence-electron chi connectivity index (χ2n) is 3.61. The van der Waals surface area contributed by atoms with Crippen LogP contribution in [0.15, 0.2) is 18.3 Å². The Morgan fingerprint density at radius 1 is 1.56 bits per heavy atom. The molecule has 0 spiro atoms. The summed E-state index contributed by atoms with van der Waals surface area (Å²) < 4.78 is 4.83. The van der Waals surface area contributed by atoms with E-state index < -0.39 is 17.9 Å². The number of carbonyl (C=O) groups excluding carboxylic acids is 1. The third-order valence-electron chi connectivity index (χ3n) is 2.28. The normalized spacial score (nSPS) is 11.8. The van der Waals surface area contributed by atoms with Crippen molar-refractivity contribution in [2.75, 3.05) is 19.0 Å². The van der Waals surface area contributed by atoms with Crippen LogP contribution in [0, 0.1) is 0 Å². The van der Waals surface area contributed by atoms with Crippen LogP contribution >= 0.6 is 0 Å². The van der Waals surface area contributed by atoms with Gasteiger partial charge in [-0.25, -0.2) is 9.78 Å². The largest absolute Gasteiger partial charge is 0.480 e. The zero-order chi connectivity index (χ0) is 13.5. The standard InChI is InChI=1S/C11H15N3O4/c1-18-5-4-8(11(16)17)14-9-3-2-7(6-13-9)10(12)15/h2-3,6,8H,4-5H2,1H3,(H2,12,15)(H,13,14)(H,16,17). The quantitative estimate of drug-likeness (QED) is 0.634. The first-order valence-corrected chi connectivity index (χ1v) is 5.28. The number of hydrogen-bond acceptors (Lipinski definition) is 5. The first-order chi connectivity index (χ1) is 8.54. The van der Waals surface area contributed by atoms with Gasteiger partial charge in [0.05, 0.1) is 5.56 Å². The van der Waals surface area contributed by atoms with Crippen LogP contribution in [0.3, 0.4) is 0 Å². The Morgan fingerprint density at radius 3 is 2.72 bits per heavy atom. The minimum atomic E-state index is -0.993. The highest BCUT2D eigenvalue weighted by Crippen LogP contribution is 2.08. The van der Waals surface area contributed by atoms with E-state index in [9.17, 15) is 9.59 Å². The van der Waals surface area contributed by atoms with E-state index in [1.165, 1.54) is 25.4 Å². The van der Waals surface area contributed by atoms with Crippen molar-refractivity contribution < 1.29 is 19.4 Å². The van der Waals surface area contributed by atoms with E-state index >= 15 is 0 Å². The lowest BCUT2D eigenvalue weighted by Gasteiger charge is -2.14. The van der Waals surface area contributed by atoms with Crippen LogP contribution in [0.1, 0.15) is 16.8 Å². The first kappa shape index (κ1) is 13.9. The highest BCUT2D eigenvalue weighted by molar-refractivity contribution is 5.92. The summed E-state index contributed by atoms with van der Waals surface area (Å²) in [5.74, 6) is -1.21. The van der Waals surface area contributed by atoms with Crippen molar-refractivity contribution in [1.82, 2.24) is 4.98 Å². The predicted octanol–water partition coefficient (Wildman–Crippen LogP) is 0.0821. The van der Waals surface area contributed by atoms with Crippen LogP contribution in [-0.4, -0.2) is 41.7 Å². The molecule has 1 aromatic rings. The van der Waals surface area contributed by atoms with Gasteiger partial charge in [0.25, 0.3) is 0 Å². The summed E-state index contributed by atoms with van der Waals surface area (Å²) in [6.07, 6.45) is 1.60. The van der Waals surface area contributed by atoms with Gasteiger partial charge in [-0.2, -0.15) is 0 Å². The van der Waals surface area contributed by atoms with Crippen LogP contribution in [-0.2, 0) is 9.53 Å². The SMILES string of the molecule is COCCC(Nc1ccc(C(N)=O)cn1)C(=O)O. The average Bonchev–Trinajstić information content (AvgIpc) is 2.34. The number of rotatable bonds is 7. The molecule has 1 aromatic heterocycles. The molecule has 1 rings (SSSR count). The van der Waals surface area contributed by atoms with Gasteiger partial charge in [-0.1, -0.05) is 0 Å². The number of ether oxygens (including phenoxy) is 1. The van der Waals surface area contributed by atoms with E-state index in [1.54, 1.807) is 0 Å². The van der Waals surface area contributed by atoms with Crippen molar-refractivity contribution in [2.24, 2.45) is 5.73 Å². The van der Waals surface area contributed by atoms with Crippen LogP contribution in [0.5, 0.6) is 0 Å². The number of carbonyl (C=O) groups is 2. The minimum Gasteiger partial charge on any atom is -0.480 e. The summed E-state index contributed by atoms with van der Waals surface area (Å²) in [6.45, 7) is 0.323. The molecule has 1 atom stereocenters. The van der Waals surface area contributed by atoms with Crippen molar-refractivity contribution in [3.8, 4) is 0 Å². The number of carboxylic acid groups (broad SMARTS) is 1. The summed E-state index contributed by atoms with van der Waals surface area (Å²) in [6, 6.07) is 2.19. The third kappa shape index (κ3) is 4.02. The van der Waals surface area contributed by atoms with Crippen molar-refractivity contribution in [1.29, 1.82) is 0 Å². The molecule has 0 saturated carbocycles. The van der Waals surface area contributed by atoms with Gasteiger partial charge in [-0.3, -0.25) is 4.79 Å². The lowest BCUT2D eigenvalue weighted by atomic mass is 10.2. The molecule has 7 heteroatoms. The van der Waals surface area contributed by atoms with E-state index in [1.807, 2.05) is 0 Å². The van der Waals surface area contributed by atoms with Gasteiger partial charge in [0.2, 0.25) is 5.91 Å². The van der Waals surface area contributed by atoms with Crippen molar-refractivity contribution in [3.05, 3.63) is 23.9 Å². The Balaban J connectivity index is 2.68. The highest BCUT2D eigenvalue weighted by atomic mass is 16.5. The van der Waals surface area contributed by atoms with E-state index in [0.717, 1.165) is 0 Å². The Morgan fingerprint density at radius 2 is 2.28 bits per heavy atom. The van der Waals surface area contributed by atoms with Gasteiger partial charge in [0.1, 0.15) is 11.9 Å². The van der Waals surface area contributed by atoms with Gasteiger partial charge in [-0.05, 0) is 12.1 Å². The minimum absolute atomic E-state index is 0.268. The molecule has 0 fully saturated rings. The molecule has 0 radical (unpaired) electrons. The molecule has 1 amide bonds. The second-order valence-corrected chi connectivity index (χ2v) is 3.61. The third-order valence-corrected chi connectivity index (χ3v) is 2.28. The van der Waals surface area contributed by atoms with Crippen LogP contribution in [0.2, 0.25) is 0 Å². The molecule has 0 bridgehead atoms. The molecule has 0 aliphatic heterocycles. The van der Waals surface area contributed by atoms with Gasteiger partial charge in [0, 0.05) is 26.3 Å². The van der Waals surface area contributed by atoms with Crippen molar-refractivity contribution in [3.63, 3.8) is 0 Å². The number of aromatic nitrogens is 1. The molecular formula is C11H15N3O4. The average molecular weight is 253 g/mol. The summed E-state index contributed by atoms with van der Waals surface area (Å²) in [4.78, 5) is 25.7. The fourth-order valence-electron chi connectivity index (χ4n) is 1.30. The molecule has 0 saturated heterocycles. The highest BCUT2D eigenvalue weighted by Gasteiger charge is 2.17. The smallest absolute Gasteiger partial charge is 0.326 e. The summed E-state index contributed by atoms with van der Waals surface area (Å²) in [5, 5.41) is 11.7. The predicted molar refractivity (Wildman–Crippen MR) is 64.3 cm³/mol. The number of nitrogens with two attached hydrogens (primary N) is 1. The lowest BCUT2D eigenvalue weighted by Crippen LogP contribution is -2.30. The fourth-order valence-corrected chi connectivity index (χ4v) is 1.30. The molecule has 1 unspecified atom stereocenters. The van der Waals surface area contributed by atoms with Gasteiger partial charge < -0.3 is 20.9 Å². The number of aliphatic carboxylic acids is 1. The molecule has 98 valence electrons. The first-order valence-electron chi connectivity index (χ1n) is 5.28. The molecule has 4 N–H and O–H groups in total. The zero-order valence-electron chi connectivity index (χ0n) is 9.92. The molecule has 0 aromatic carbocycles. The lowest BCUT2D eigenvalue weighted by molar-refractivity contribution is -0.138. The number of methoxy groups -OCH3 is 1. The maximum Gasteiger partial charge on any atom is 0.326 e. The molecule has 18 heavy (non-hydrogen) atoms. The maximum absolute atomic E-state index is 11.0. The Hall–Kier alpha value is -2.15. The van der Waals surface area contributed by atoms with Crippen LogP contribution < -0.4 is 11.1 Å². The number of anilines is 1. The Bertz CT molecular complexity index is 419. The molecule has 0 aliphatic carbocycles. The molecule has 1 heterocycles. The molecular weight excluding hydrogens is 238 g/mol. The maximum atomic E-state index is 11.0. The Labute approximate surface area is 104 Å². The number of carboxylic acids is 1. The summed E-state index contributed by atoms with van der Waals surface area (Å²) in [7, 11) is 1.50. The summed E-state index contributed by atoms with van der Waals surface area (Å²) >= 11 is 0. The van der Waals surface area contributed by atoms with Crippen LogP contribution in [0.25, 0.3) is 0 Å². The topological polar surface area (TPSA) is 115 Å². The fraction of sp³-hybridized carbons (Fsp3) is 0.364. The number of primary amides is 1. The molecule has 7 nitrogen and oxygen atoms in total. The zero-order valence-corrected chi connectivity index (χ0v) is 9.92. The molecule has 0 aliphatic rings. The Kier molecular flexibility index (Phi) is 5.06. The van der Waals surface area contributed by atoms with Gasteiger partial charge >= 0.3 is 5.97 Å². The monoisotopic (exact) mass is 253 g/mol. The number of amides is 1. The van der Waals surface area contributed by atoms with E-state index in [4.69, 9.17) is 15.6 Å². The van der Waals surface area contributed by atoms with Gasteiger partial charge in [-0.15, -0.1) is 0 Å². The number of nitrogens with zero attached hydrogens (tertiary/aromatic N) is 1. The van der Waals surface area contributed by atoms with Crippen LogP contribution in [0.4, 0.5) is 5.82 Å². The second kappa shape index (κ2) is 6.55. The van der Waals surface area contributed by atoms with E-state index in [0.29, 0.717) is 18.8 Å². The number of hydrogen-bond donors (Lipinski definition) is 3. The number of nitrogens with one attached hydrogen (secondary N) is 1. The summed E-state index contributed by atoms with van der Waals surface area (Å²) in [5.41, 5.74) is 5.34. The van der Waals surface area contributed by atoms with Crippen molar-refractivity contribution >= 4 is 17.7 Å². The van der Waals surface area contributed by atoms with E-state index in [-0.39, 0.29) is 5.56 Å². The number of pyridine rings is 1. The van der Waals surface area contributed by atoms with E-state index in [2.05, 4.69) is 10.3 Å². The van der Waals surface area contributed by atoms with Gasteiger partial charge in [0.15, 0.2) is 0 Å².